The second-order valence-corrected chi connectivity index (χ2v) is 5.11. The van der Waals surface area contributed by atoms with E-state index < -0.39 is 0 Å². The highest BCUT2D eigenvalue weighted by Gasteiger charge is 2.16. The van der Waals surface area contributed by atoms with Crippen molar-refractivity contribution in [3.63, 3.8) is 0 Å². The van der Waals surface area contributed by atoms with Gasteiger partial charge in [-0.15, -0.1) is 10.2 Å². The summed E-state index contributed by atoms with van der Waals surface area (Å²) in [5.74, 6) is 0.979. The fraction of sp³-hybridized carbons (Fsp3) is 0.176. The van der Waals surface area contributed by atoms with Crippen LogP contribution in [0.15, 0.2) is 59.0 Å². The average Bonchev–Trinajstić information content (AvgIpc) is 2.98. The molecule has 0 radical (unpaired) electrons. The molecular weight excluding hydrogens is 262 g/mol. The summed E-state index contributed by atoms with van der Waals surface area (Å²) in [6, 6.07) is 17.7. The van der Waals surface area contributed by atoms with Gasteiger partial charge in [0.2, 0.25) is 11.8 Å². The van der Waals surface area contributed by atoms with Gasteiger partial charge in [-0.05, 0) is 31.0 Å². The molecule has 4 heteroatoms. The summed E-state index contributed by atoms with van der Waals surface area (Å²) in [4.78, 5) is 0. The summed E-state index contributed by atoms with van der Waals surface area (Å²) in [7, 11) is 0. The normalized spacial score (nSPS) is 12.3. The van der Waals surface area contributed by atoms with Crippen molar-refractivity contribution in [3.8, 4) is 11.5 Å². The molecule has 3 rings (SSSR count). The van der Waals surface area contributed by atoms with Crippen LogP contribution in [0.3, 0.4) is 0 Å². The van der Waals surface area contributed by atoms with Crippen LogP contribution in [0.1, 0.15) is 23.1 Å². The van der Waals surface area contributed by atoms with Gasteiger partial charge in [0.15, 0.2) is 0 Å². The third-order valence-electron chi connectivity index (χ3n) is 3.32. The second-order valence-electron chi connectivity index (χ2n) is 5.11. The SMILES string of the molecule is Cc1cccc(-c2nnc(C(N)Cc3ccccc3)o2)c1. The van der Waals surface area contributed by atoms with Crippen LogP contribution in [0.5, 0.6) is 0 Å². The van der Waals surface area contributed by atoms with Crippen LogP contribution in [0.4, 0.5) is 0 Å². The fourth-order valence-electron chi connectivity index (χ4n) is 2.23. The Bertz CT molecular complexity index is 722. The lowest BCUT2D eigenvalue weighted by Gasteiger charge is -2.06. The molecule has 2 aromatic carbocycles. The number of aromatic nitrogens is 2. The van der Waals surface area contributed by atoms with Gasteiger partial charge in [-0.25, -0.2) is 0 Å². The van der Waals surface area contributed by atoms with E-state index >= 15 is 0 Å². The average molecular weight is 279 g/mol. The molecule has 1 atom stereocenters. The third kappa shape index (κ3) is 3.17. The molecule has 21 heavy (non-hydrogen) atoms. The Morgan fingerprint density at radius 2 is 1.86 bits per heavy atom. The monoisotopic (exact) mass is 279 g/mol. The molecule has 106 valence electrons. The van der Waals surface area contributed by atoms with E-state index in [1.54, 1.807) is 0 Å². The Labute approximate surface area is 123 Å². The van der Waals surface area contributed by atoms with Crippen molar-refractivity contribution in [2.75, 3.05) is 0 Å². The molecule has 0 bridgehead atoms. The summed E-state index contributed by atoms with van der Waals surface area (Å²) < 4.78 is 5.71. The highest BCUT2D eigenvalue weighted by Crippen LogP contribution is 2.22. The summed E-state index contributed by atoms with van der Waals surface area (Å²) >= 11 is 0. The van der Waals surface area contributed by atoms with Crippen LogP contribution < -0.4 is 5.73 Å². The van der Waals surface area contributed by atoms with Crippen LogP contribution in [0.25, 0.3) is 11.5 Å². The van der Waals surface area contributed by atoms with Gasteiger partial charge in [0, 0.05) is 5.56 Å². The third-order valence-corrected chi connectivity index (χ3v) is 3.32. The van der Waals surface area contributed by atoms with Crippen molar-refractivity contribution in [1.29, 1.82) is 0 Å². The van der Waals surface area contributed by atoms with Gasteiger partial charge in [-0.1, -0.05) is 48.0 Å². The van der Waals surface area contributed by atoms with Gasteiger partial charge < -0.3 is 10.2 Å². The van der Waals surface area contributed by atoms with Gasteiger partial charge in [0.05, 0.1) is 6.04 Å². The van der Waals surface area contributed by atoms with Crippen LogP contribution >= 0.6 is 0 Å². The number of aryl methyl sites for hydroxylation is 1. The lowest BCUT2D eigenvalue weighted by Crippen LogP contribution is -2.13. The minimum Gasteiger partial charge on any atom is -0.419 e. The molecular formula is C17H17N3O. The van der Waals surface area contributed by atoms with E-state index in [0.29, 0.717) is 18.2 Å². The van der Waals surface area contributed by atoms with Crippen LogP contribution in [0, 0.1) is 6.92 Å². The van der Waals surface area contributed by atoms with Crippen molar-refractivity contribution in [2.45, 2.75) is 19.4 Å². The number of nitrogens with zero attached hydrogens (tertiary/aromatic N) is 2. The first-order valence-electron chi connectivity index (χ1n) is 6.92. The molecule has 0 aliphatic rings. The van der Waals surface area contributed by atoms with E-state index in [1.165, 1.54) is 0 Å². The molecule has 0 amide bonds. The molecule has 1 aromatic heterocycles. The minimum absolute atomic E-state index is 0.293. The highest BCUT2D eigenvalue weighted by molar-refractivity contribution is 5.53. The van der Waals surface area contributed by atoms with Gasteiger partial charge in [-0.3, -0.25) is 0 Å². The highest BCUT2D eigenvalue weighted by atomic mass is 16.4. The maximum atomic E-state index is 6.15. The molecule has 0 aliphatic carbocycles. The lowest BCUT2D eigenvalue weighted by atomic mass is 10.1. The summed E-state index contributed by atoms with van der Waals surface area (Å²) in [5.41, 5.74) is 9.38. The maximum Gasteiger partial charge on any atom is 0.247 e. The molecule has 0 fully saturated rings. The van der Waals surface area contributed by atoms with Crippen LogP contribution in [0.2, 0.25) is 0 Å². The number of benzene rings is 2. The zero-order chi connectivity index (χ0) is 14.7. The topological polar surface area (TPSA) is 64.9 Å². The van der Waals surface area contributed by atoms with E-state index in [2.05, 4.69) is 10.2 Å². The van der Waals surface area contributed by atoms with Crippen molar-refractivity contribution in [1.82, 2.24) is 10.2 Å². The molecule has 1 unspecified atom stereocenters. The number of hydrogen-bond acceptors (Lipinski definition) is 4. The fourth-order valence-corrected chi connectivity index (χ4v) is 2.23. The molecule has 4 nitrogen and oxygen atoms in total. The molecule has 0 saturated heterocycles. The van der Waals surface area contributed by atoms with E-state index in [-0.39, 0.29) is 6.04 Å². The van der Waals surface area contributed by atoms with Gasteiger partial charge >= 0.3 is 0 Å². The van der Waals surface area contributed by atoms with Crippen molar-refractivity contribution >= 4 is 0 Å². The molecule has 1 heterocycles. The molecule has 2 N–H and O–H groups in total. The number of hydrogen-bond donors (Lipinski definition) is 1. The Balaban J connectivity index is 1.78. The quantitative estimate of drug-likeness (QED) is 0.796. The van der Waals surface area contributed by atoms with Crippen molar-refractivity contribution in [3.05, 3.63) is 71.6 Å². The van der Waals surface area contributed by atoms with Gasteiger partial charge in [0.1, 0.15) is 0 Å². The van der Waals surface area contributed by atoms with E-state index in [0.717, 1.165) is 16.7 Å². The summed E-state index contributed by atoms with van der Waals surface area (Å²) in [5, 5.41) is 8.17. The largest absolute Gasteiger partial charge is 0.419 e. The molecule has 0 spiro atoms. The van der Waals surface area contributed by atoms with Gasteiger partial charge in [-0.2, -0.15) is 0 Å². The second kappa shape index (κ2) is 5.89. The van der Waals surface area contributed by atoms with E-state index in [4.69, 9.17) is 10.2 Å². The first kappa shape index (κ1) is 13.5. The lowest BCUT2D eigenvalue weighted by molar-refractivity contribution is 0.457. The number of rotatable bonds is 4. The Hall–Kier alpha value is -2.46. The van der Waals surface area contributed by atoms with Crippen LogP contribution in [-0.4, -0.2) is 10.2 Å². The zero-order valence-corrected chi connectivity index (χ0v) is 11.9. The van der Waals surface area contributed by atoms with Gasteiger partial charge in [0.25, 0.3) is 0 Å². The summed E-state index contributed by atoms with van der Waals surface area (Å²) in [6.45, 7) is 2.03. The predicted molar refractivity (Wildman–Crippen MR) is 81.5 cm³/mol. The van der Waals surface area contributed by atoms with E-state index in [1.807, 2.05) is 61.5 Å². The number of nitrogens with two attached hydrogens (primary N) is 1. The molecule has 3 aromatic rings. The van der Waals surface area contributed by atoms with Crippen LogP contribution in [-0.2, 0) is 6.42 Å². The first-order chi connectivity index (χ1) is 10.2. The summed E-state index contributed by atoms with van der Waals surface area (Å²) in [6.07, 6.45) is 0.677. The predicted octanol–water partition coefficient (Wildman–Crippen LogP) is 3.29. The zero-order valence-electron chi connectivity index (χ0n) is 11.9. The first-order valence-corrected chi connectivity index (χ1v) is 6.92. The molecule has 0 saturated carbocycles. The van der Waals surface area contributed by atoms with Crippen molar-refractivity contribution < 1.29 is 4.42 Å². The smallest absolute Gasteiger partial charge is 0.247 e. The maximum absolute atomic E-state index is 6.15. The Morgan fingerprint density at radius 1 is 1.05 bits per heavy atom. The molecule has 0 aliphatic heterocycles. The van der Waals surface area contributed by atoms with Crippen molar-refractivity contribution in [2.24, 2.45) is 5.73 Å². The van der Waals surface area contributed by atoms with E-state index in [9.17, 15) is 0 Å². The Morgan fingerprint density at radius 3 is 2.62 bits per heavy atom. The standard InChI is InChI=1S/C17H17N3O/c1-12-6-5-9-14(10-12)16-19-20-17(21-16)15(18)11-13-7-3-2-4-8-13/h2-10,15H,11,18H2,1H3. The minimum atomic E-state index is -0.293. The Kier molecular flexibility index (Phi) is 3.79.